The van der Waals surface area contributed by atoms with E-state index in [-0.39, 0.29) is 5.75 Å². The van der Waals surface area contributed by atoms with Crippen LogP contribution in [-0.2, 0) is 0 Å². The Bertz CT molecular complexity index is 1060. The number of benzene rings is 3. The summed E-state index contributed by atoms with van der Waals surface area (Å²) in [5.41, 5.74) is 1.38. The van der Waals surface area contributed by atoms with Crippen LogP contribution in [0.1, 0.15) is 10.4 Å². The number of hydrogen-bond acceptors (Lipinski definition) is 3. The summed E-state index contributed by atoms with van der Waals surface area (Å²) < 4.78 is 1.04. The minimum absolute atomic E-state index is 0.269. The van der Waals surface area contributed by atoms with Gasteiger partial charge >= 0.3 is 5.97 Å². The molecule has 0 bridgehead atoms. The molecule has 112 valence electrons. The first kappa shape index (κ1) is 13.8. The Labute approximate surface area is 136 Å². The van der Waals surface area contributed by atoms with Gasteiger partial charge in [-0.25, -0.2) is 4.79 Å². The van der Waals surface area contributed by atoms with E-state index < -0.39 is 5.97 Å². The van der Waals surface area contributed by atoms with Crippen molar-refractivity contribution in [1.82, 2.24) is 0 Å². The van der Waals surface area contributed by atoms with Crippen molar-refractivity contribution >= 4 is 38.2 Å². The number of phenolic OH excluding ortho intramolecular Hbond substituents is 1. The molecule has 0 amide bonds. The number of hydrogen-bond donors (Lipinski definition) is 2. The molecular weight excluding hydrogens is 308 g/mol. The number of phenols is 1. The van der Waals surface area contributed by atoms with Gasteiger partial charge in [-0.2, -0.15) is 0 Å². The van der Waals surface area contributed by atoms with Crippen molar-refractivity contribution in [1.29, 1.82) is 0 Å². The first-order valence-electron chi connectivity index (χ1n) is 7.10. The summed E-state index contributed by atoms with van der Waals surface area (Å²) in [5, 5.41) is 21.7. The van der Waals surface area contributed by atoms with Crippen molar-refractivity contribution < 1.29 is 15.0 Å². The molecule has 0 aliphatic carbocycles. The van der Waals surface area contributed by atoms with Gasteiger partial charge in [-0.05, 0) is 64.2 Å². The van der Waals surface area contributed by atoms with Gasteiger partial charge in [-0.3, -0.25) is 0 Å². The highest BCUT2D eigenvalue weighted by atomic mass is 32.1. The molecule has 4 heteroatoms. The summed E-state index contributed by atoms with van der Waals surface area (Å²) in [4.78, 5) is 12.2. The van der Waals surface area contributed by atoms with Crippen LogP contribution in [0.4, 0.5) is 0 Å². The lowest BCUT2D eigenvalue weighted by Gasteiger charge is -2.03. The largest absolute Gasteiger partial charge is 0.508 e. The molecule has 0 spiro atoms. The van der Waals surface area contributed by atoms with Gasteiger partial charge in [0.1, 0.15) is 5.75 Å². The number of carboxylic acid groups (broad SMARTS) is 1. The van der Waals surface area contributed by atoms with Gasteiger partial charge < -0.3 is 10.2 Å². The van der Waals surface area contributed by atoms with E-state index in [4.69, 9.17) is 5.11 Å². The second kappa shape index (κ2) is 5.11. The summed E-state index contributed by atoms with van der Waals surface area (Å²) in [6.07, 6.45) is 0. The highest BCUT2D eigenvalue weighted by Gasteiger charge is 2.08. The van der Waals surface area contributed by atoms with Crippen molar-refractivity contribution in [3.05, 3.63) is 66.2 Å². The van der Waals surface area contributed by atoms with Crippen LogP contribution in [0.15, 0.2) is 60.7 Å². The molecule has 0 atom stereocenters. The number of thiophene rings is 1. The lowest BCUT2D eigenvalue weighted by Crippen LogP contribution is -1.95. The lowest BCUT2D eigenvalue weighted by atomic mass is 10.0. The van der Waals surface area contributed by atoms with Crippen LogP contribution in [0.5, 0.6) is 5.75 Å². The Morgan fingerprint density at radius 1 is 0.826 bits per heavy atom. The lowest BCUT2D eigenvalue weighted by molar-refractivity contribution is 0.0697. The fourth-order valence-corrected chi connectivity index (χ4v) is 3.79. The maximum absolute atomic E-state index is 11.0. The molecule has 4 rings (SSSR count). The first-order chi connectivity index (χ1) is 11.1. The Kier molecular flexibility index (Phi) is 3.06. The Morgan fingerprint density at radius 3 is 2.39 bits per heavy atom. The van der Waals surface area contributed by atoms with E-state index in [2.05, 4.69) is 12.1 Å². The first-order valence-corrected chi connectivity index (χ1v) is 7.92. The molecule has 0 radical (unpaired) electrons. The molecule has 0 saturated carbocycles. The Balaban J connectivity index is 1.84. The maximum Gasteiger partial charge on any atom is 0.335 e. The molecule has 0 fully saturated rings. The van der Waals surface area contributed by atoms with E-state index in [9.17, 15) is 9.90 Å². The van der Waals surface area contributed by atoms with Crippen molar-refractivity contribution in [3.63, 3.8) is 0 Å². The average Bonchev–Trinajstić information content (AvgIpc) is 2.96. The van der Waals surface area contributed by atoms with E-state index in [0.29, 0.717) is 5.56 Å². The van der Waals surface area contributed by atoms with Crippen LogP contribution in [0, 0.1) is 0 Å². The molecule has 1 aromatic heterocycles. The highest BCUT2D eigenvalue weighted by Crippen LogP contribution is 2.36. The molecular formula is C19H12O3S. The molecule has 0 aliphatic heterocycles. The van der Waals surface area contributed by atoms with Crippen LogP contribution in [0.2, 0.25) is 0 Å². The van der Waals surface area contributed by atoms with Gasteiger partial charge in [0, 0.05) is 9.58 Å². The van der Waals surface area contributed by atoms with Gasteiger partial charge in [0.05, 0.1) is 5.56 Å². The molecule has 0 unspecified atom stereocenters. The van der Waals surface area contributed by atoms with Gasteiger partial charge in [0.2, 0.25) is 0 Å². The number of aromatic hydroxyl groups is 1. The molecule has 2 N–H and O–H groups in total. The van der Waals surface area contributed by atoms with Crippen molar-refractivity contribution in [3.8, 4) is 16.2 Å². The number of fused-ring (bicyclic) bond motifs is 2. The van der Waals surface area contributed by atoms with Crippen LogP contribution in [0.3, 0.4) is 0 Å². The fourth-order valence-electron chi connectivity index (χ4n) is 2.69. The van der Waals surface area contributed by atoms with Crippen molar-refractivity contribution in [2.24, 2.45) is 0 Å². The van der Waals surface area contributed by atoms with E-state index in [1.54, 1.807) is 35.6 Å². The Morgan fingerprint density at radius 2 is 1.57 bits per heavy atom. The molecule has 0 saturated heterocycles. The summed E-state index contributed by atoms with van der Waals surface area (Å²) in [5.74, 6) is -0.647. The van der Waals surface area contributed by atoms with Gasteiger partial charge in [0.25, 0.3) is 0 Å². The summed E-state index contributed by atoms with van der Waals surface area (Å²) in [6, 6.07) is 18.6. The predicted molar refractivity (Wildman–Crippen MR) is 93.4 cm³/mol. The quantitative estimate of drug-likeness (QED) is 0.538. The molecule has 0 aliphatic rings. The predicted octanol–water partition coefficient (Wildman–Crippen LogP) is 5.13. The molecule has 3 aromatic carbocycles. The Hall–Kier alpha value is -2.85. The van der Waals surface area contributed by atoms with E-state index in [1.165, 1.54) is 0 Å². The molecule has 4 aromatic rings. The smallest absolute Gasteiger partial charge is 0.335 e. The maximum atomic E-state index is 11.0. The van der Waals surface area contributed by atoms with Gasteiger partial charge in [-0.1, -0.05) is 18.2 Å². The van der Waals surface area contributed by atoms with E-state index in [0.717, 1.165) is 31.3 Å². The third-order valence-electron chi connectivity index (χ3n) is 3.88. The highest BCUT2D eigenvalue weighted by molar-refractivity contribution is 7.22. The standard InChI is InChI=1S/C19H12O3S/c20-16-6-5-14-9-17(23-18(14)10-16)13-3-1-12-8-15(19(21)22)4-2-11(12)7-13/h1-10,20H,(H,21,22). The fraction of sp³-hybridized carbons (Fsp3) is 0. The van der Waals surface area contributed by atoms with Crippen LogP contribution in [0.25, 0.3) is 31.3 Å². The summed E-state index contributed by atoms with van der Waals surface area (Å²) in [6.45, 7) is 0. The SMILES string of the molecule is O=C(O)c1ccc2cc(-c3cc4ccc(O)cc4s3)ccc2c1. The second-order valence-electron chi connectivity index (χ2n) is 5.41. The van der Waals surface area contributed by atoms with Crippen LogP contribution < -0.4 is 0 Å². The zero-order valence-electron chi connectivity index (χ0n) is 12.0. The molecule has 23 heavy (non-hydrogen) atoms. The van der Waals surface area contributed by atoms with E-state index >= 15 is 0 Å². The minimum Gasteiger partial charge on any atom is -0.508 e. The van der Waals surface area contributed by atoms with E-state index in [1.807, 2.05) is 24.3 Å². The summed E-state index contributed by atoms with van der Waals surface area (Å²) in [7, 11) is 0. The monoisotopic (exact) mass is 320 g/mol. The number of rotatable bonds is 2. The normalized spacial score (nSPS) is 11.1. The zero-order valence-corrected chi connectivity index (χ0v) is 12.8. The average molecular weight is 320 g/mol. The minimum atomic E-state index is -0.916. The topological polar surface area (TPSA) is 57.5 Å². The van der Waals surface area contributed by atoms with Gasteiger partial charge in [-0.15, -0.1) is 11.3 Å². The third kappa shape index (κ3) is 2.43. The van der Waals surface area contributed by atoms with Crippen molar-refractivity contribution in [2.75, 3.05) is 0 Å². The molecule has 3 nitrogen and oxygen atoms in total. The van der Waals surface area contributed by atoms with Crippen LogP contribution in [-0.4, -0.2) is 16.2 Å². The number of carboxylic acids is 1. The molecule has 1 heterocycles. The zero-order chi connectivity index (χ0) is 16.0. The van der Waals surface area contributed by atoms with Crippen LogP contribution >= 0.6 is 11.3 Å². The third-order valence-corrected chi connectivity index (χ3v) is 5.02. The van der Waals surface area contributed by atoms with Gasteiger partial charge in [0.15, 0.2) is 0 Å². The summed E-state index contributed by atoms with van der Waals surface area (Å²) >= 11 is 1.63. The number of carbonyl (C=O) groups is 1. The second-order valence-corrected chi connectivity index (χ2v) is 6.50. The number of aromatic carboxylic acids is 1. The van der Waals surface area contributed by atoms with Crippen molar-refractivity contribution in [2.45, 2.75) is 0 Å².